The summed E-state index contributed by atoms with van der Waals surface area (Å²) in [7, 11) is 0. The van der Waals surface area contributed by atoms with Crippen LogP contribution in [0.3, 0.4) is 0 Å². The Morgan fingerprint density at radius 3 is 2.58 bits per heavy atom. The molecule has 0 aliphatic carbocycles. The summed E-state index contributed by atoms with van der Waals surface area (Å²) in [6, 6.07) is 13.2. The van der Waals surface area contributed by atoms with Crippen LogP contribution in [-0.2, 0) is 11.2 Å². The predicted octanol–water partition coefficient (Wildman–Crippen LogP) is 5.02. The summed E-state index contributed by atoms with van der Waals surface area (Å²) in [6.45, 7) is 7.50. The van der Waals surface area contributed by atoms with E-state index < -0.39 is 11.4 Å². The van der Waals surface area contributed by atoms with E-state index in [1.54, 1.807) is 31.1 Å². The number of carbonyl (C=O) groups is 2. The number of hydrogen-bond donors (Lipinski definition) is 2. The van der Waals surface area contributed by atoms with Crippen molar-refractivity contribution in [1.29, 1.82) is 0 Å². The number of rotatable bonds is 7. The fraction of sp³-hybridized carbons (Fsp3) is 0.333. The summed E-state index contributed by atoms with van der Waals surface area (Å²) < 4.78 is 11.5. The molecule has 0 spiro atoms. The second-order valence-electron chi connectivity index (χ2n) is 9.39. The molecule has 4 rings (SSSR count). The molecular weight excluding hydrogens is 460 g/mol. The molecule has 2 amide bonds. The van der Waals surface area contributed by atoms with E-state index in [9.17, 15) is 14.7 Å². The molecule has 0 bridgehead atoms. The van der Waals surface area contributed by atoms with E-state index >= 15 is 0 Å². The zero-order valence-corrected chi connectivity index (χ0v) is 20.8. The van der Waals surface area contributed by atoms with Crippen molar-refractivity contribution in [2.45, 2.75) is 40.2 Å². The number of carbonyl (C=O) groups excluding carboxylic acids is 1. The van der Waals surface area contributed by atoms with Gasteiger partial charge in [0.1, 0.15) is 18.5 Å². The lowest BCUT2D eigenvalue weighted by molar-refractivity contribution is -0.148. The molecule has 2 aromatic carbocycles. The van der Waals surface area contributed by atoms with Crippen molar-refractivity contribution in [3.63, 3.8) is 0 Å². The predicted molar refractivity (Wildman–Crippen MR) is 137 cm³/mol. The highest BCUT2D eigenvalue weighted by atomic mass is 16.5. The van der Waals surface area contributed by atoms with Crippen molar-refractivity contribution in [3.8, 4) is 22.9 Å². The fourth-order valence-corrected chi connectivity index (χ4v) is 3.79. The molecule has 0 fully saturated rings. The van der Waals surface area contributed by atoms with Gasteiger partial charge in [0.25, 0.3) is 0 Å². The minimum Gasteiger partial charge on any atom is -0.487 e. The van der Waals surface area contributed by atoms with Gasteiger partial charge in [0.05, 0.1) is 17.6 Å². The van der Waals surface area contributed by atoms with Crippen molar-refractivity contribution < 1.29 is 24.2 Å². The second kappa shape index (κ2) is 10.2. The largest absolute Gasteiger partial charge is 0.487 e. The number of carboxylic acids is 1. The summed E-state index contributed by atoms with van der Waals surface area (Å²) in [5, 5.41) is 12.3. The number of para-hydroxylation sites is 1. The molecule has 3 aromatic rings. The third-order valence-corrected chi connectivity index (χ3v) is 6.01. The molecular formula is C27H30N4O5. The topological polar surface area (TPSA) is 114 Å². The molecule has 2 heterocycles. The van der Waals surface area contributed by atoms with Gasteiger partial charge >= 0.3 is 18.0 Å². The number of ether oxygens (including phenoxy) is 2. The van der Waals surface area contributed by atoms with Crippen LogP contribution >= 0.6 is 0 Å². The molecule has 9 nitrogen and oxygen atoms in total. The molecule has 0 radical (unpaired) electrons. The van der Waals surface area contributed by atoms with Gasteiger partial charge in [-0.25, -0.2) is 14.8 Å². The van der Waals surface area contributed by atoms with Crippen LogP contribution in [0.4, 0.5) is 16.2 Å². The average Bonchev–Trinajstić information content (AvgIpc) is 2.87. The first kappa shape index (κ1) is 25.0. The van der Waals surface area contributed by atoms with Gasteiger partial charge in [-0.3, -0.25) is 9.69 Å². The molecule has 9 heteroatoms. The van der Waals surface area contributed by atoms with Crippen LogP contribution in [0, 0.1) is 5.41 Å². The van der Waals surface area contributed by atoms with Crippen molar-refractivity contribution >= 4 is 23.4 Å². The molecule has 1 atom stereocenters. The Balaban J connectivity index is 1.52. The summed E-state index contributed by atoms with van der Waals surface area (Å²) in [6.07, 6.45) is 3.84. The molecule has 188 valence electrons. The summed E-state index contributed by atoms with van der Waals surface area (Å²) in [5.41, 5.74) is 3.05. The Kier molecular flexibility index (Phi) is 7.10. The minimum atomic E-state index is -1.05. The van der Waals surface area contributed by atoms with E-state index in [2.05, 4.69) is 22.2 Å². The number of aryl methyl sites for hydroxylation is 1. The summed E-state index contributed by atoms with van der Waals surface area (Å²) >= 11 is 0. The quantitative estimate of drug-likeness (QED) is 0.478. The van der Waals surface area contributed by atoms with Crippen molar-refractivity contribution in [2.75, 3.05) is 23.4 Å². The number of nitrogens with one attached hydrogen (secondary N) is 1. The lowest BCUT2D eigenvalue weighted by atomic mass is 9.95. The van der Waals surface area contributed by atoms with Crippen LogP contribution in [0.25, 0.3) is 11.1 Å². The standard InChI is InChI=1S/C27H30N4O5/c1-5-18-8-6-7-9-21(18)30-26(34)31-15-17(2)36-23-12-19(10-11-22(23)31)20-13-28-25(29-14-20)35-16-27(3,4)24(32)33/h6-14,17H,5,15-16H2,1-4H3,(H,30,34)(H,32,33). The lowest BCUT2D eigenvalue weighted by Crippen LogP contribution is -2.44. The maximum absolute atomic E-state index is 13.2. The number of amides is 2. The highest BCUT2D eigenvalue weighted by Crippen LogP contribution is 2.37. The third kappa shape index (κ3) is 5.40. The minimum absolute atomic E-state index is 0.0487. The SMILES string of the molecule is CCc1ccccc1NC(=O)N1CC(C)Oc2cc(-c3cnc(OCC(C)(C)C(=O)O)nc3)ccc21. The highest BCUT2D eigenvalue weighted by molar-refractivity contribution is 6.03. The van der Waals surface area contributed by atoms with E-state index in [0.29, 0.717) is 18.0 Å². The number of fused-ring (bicyclic) bond motifs is 1. The van der Waals surface area contributed by atoms with Crippen molar-refractivity contribution in [2.24, 2.45) is 5.41 Å². The van der Waals surface area contributed by atoms with E-state index in [1.807, 2.05) is 49.4 Å². The van der Waals surface area contributed by atoms with Gasteiger partial charge < -0.3 is 19.9 Å². The number of nitrogens with zero attached hydrogens (tertiary/aromatic N) is 3. The van der Waals surface area contributed by atoms with Crippen LogP contribution in [0.1, 0.15) is 33.3 Å². The number of carboxylic acid groups (broad SMARTS) is 1. The van der Waals surface area contributed by atoms with Crippen LogP contribution in [-0.4, -0.2) is 46.3 Å². The number of benzene rings is 2. The fourth-order valence-electron chi connectivity index (χ4n) is 3.79. The monoisotopic (exact) mass is 490 g/mol. The molecule has 0 saturated heterocycles. The number of hydrogen-bond acceptors (Lipinski definition) is 6. The van der Waals surface area contributed by atoms with Crippen molar-refractivity contribution in [1.82, 2.24) is 9.97 Å². The van der Waals surface area contributed by atoms with Gasteiger partial charge in [-0.1, -0.05) is 31.2 Å². The van der Waals surface area contributed by atoms with E-state index in [4.69, 9.17) is 9.47 Å². The van der Waals surface area contributed by atoms with E-state index in [1.165, 1.54) is 0 Å². The van der Waals surface area contributed by atoms with E-state index in [-0.39, 0.29) is 24.8 Å². The smallest absolute Gasteiger partial charge is 0.326 e. The maximum atomic E-state index is 13.2. The molecule has 1 aliphatic rings. The highest BCUT2D eigenvalue weighted by Gasteiger charge is 2.29. The van der Waals surface area contributed by atoms with Gasteiger partial charge in [-0.15, -0.1) is 0 Å². The Morgan fingerprint density at radius 2 is 1.89 bits per heavy atom. The molecule has 1 unspecified atom stereocenters. The number of aliphatic carboxylic acids is 1. The number of urea groups is 1. The summed E-state index contributed by atoms with van der Waals surface area (Å²) in [4.78, 5) is 34.6. The first-order chi connectivity index (χ1) is 17.2. The Hall–Kier alpha value is -4.14. The molecule has 2 N–H and O–H groups in total. The van der Waals surface area contributed by atoms with E-state index in [0.717, 1.165) is 28.8 Å². The van der Waals surface area contributed by atoms with Crippen LogP contribution in [0.2, 0.25) is 0 Å². The Labute approximate surface area is 210 Å². The van der Waals surface area contributed by atoms with Gasteiger partial charge in [-0.2, -0.15) is 0 Å². The second-order valence-corrected chi connectivity index (χ2v) is 9.39. The van der Waals surface area contributed by atoms with Crippen LogP contribution in [0.5, 0.6) is 11.8 Å². The average molecular weight is 491 g/mol. The van der Waals surface area contributed by atoms with Gasteiger partial charge in [0.15, 0.2) is 0 Å². The van der Waals surface area contributed by atoms with Crippen LogP contribution < -0.4 is 19.7 Å². The number of aromatic nitrogens is 2. The number of anilines is 2. The molecule has 1 aliphatic heterocycles. The van der Waals surface area contributed by atoms with Gasteiger partial charge in [-0.05, 0) is 56.5 Å². The normalized spacial score (nSPS) is 15.0. The first-order valence-corrected chi connectivity index (χ1v) is 11.8. The van der Waals surface area contributed by atoms with Crippen molar-refractivity contribution in [3.05, 3.63) is 60.4 Å². The lowest BCUT2D eigenvalue weighted by Gasteiger charge is -2.34. The molecule has 36 heavy (non-hydrogen) atoms. The third-order valence-electron chi connectivity index (χ3n) is 6.01. The summed E-state index contributed by atoms with van der Waals surface area (Å²) in [5.74, 6) is -0.367. The Bertz CT molecular complexity index is 1260. The Morgan fingerprint density at radius 1 is 1.17 bits per heavy atom. The van der Waals surface area contributed by atoms with Crippen LogP contribution in [0.15, 0.2) is 54.9 Å². The molecule has 0 saturated carbocycles. The van der Waals surface area contributed by atoms with Gasteiger partial charge in [0.2, 0.25) is 0 Å². The van der Waals surface area contributed by atoms with Gasteiger partial charge in [0, 0.05) is 23.6 Å². The molecule has 1 aromatic heterocycles. The first-order valence-electron chi connectivity index (χ1n) is 11.8. The zero-order chi connectivity index (χ0) is 25.9. The zero-order valence-electron chi connectivity index (χ0n) is 20.8. The maximum Gasteiger partial charge on any atom is 0.326 e.